The number of thioether (sulfide) groups is 1. The van der Waals surface area contributed by atoms with Gasteiger partial charge in [0.15, 0.2) is 0 Å². The molecular formula is C16H21N3O3S. The summed E-state index contributed by atoms with van der Waals surface area (Å²) in [5, 5.41) is 3.70. The van der Waals surface area contributed by atoms with Crippen molar-refractivity contribution < 1.29 is 14.3 Å². The van der Waals surface area contributed by atoms with Crippen molar-refractivity contribution in [3.63, 3.8) is 0 Å². The van der Waals surface area contributed by atoms with Gasteiger partial charge in [0, 0.05) is 18.8 Å². The fourth-order valence-electron chi connectivity index (χ4n) is 2.96. The van der Waals surface area contributed by atoms with Crippen LogP contribution in [0, 0.1) is 13.8 Å². The van der Waals surface area contributed by atoms with Gasteiger partial charge in [0.1, 0.15) is 11.6 Å². The van der Waals surface area contributed by atoms with Gasteiger partial charge < -0.3 is 10.1 Å². The minimum absolute atomic E-state index is 0.0324. The Morgan fingerprint density at radius 3 is 3.09 bits per heavy atom. The molecule has 3 heterocycles. The van der Waals surface area contributed by atoms with Gasteiger partial charge in [0.25, 0.3) is 0 Å². The molecular weight excluding hydrogens is 314 g/mol. The average molecular weight is 335 g/mol. The molecule has 3 rings (SSSR count). The van der Waals surface area contributed by atoms with E-state index in [2.05, 4.69) is 10.3 Å². The second-order valence-electron chi connectivity index (χ2n) is 5.94. The molecule has 0 bridgehead atoms. The number of amides is 2. The summed E-state index contributed by atoms with van der Waals surface area (Å²) in [7, 11) is 0. The number of rotatable bonds is 4. The van der Waals surface area contributed by atoms with Crippen LogP contribution >= 0.6 is 11.8 Å². The van der Waals surface area contributed by atoms with E-state index < -0.39 is 0 Å². The Kier molecular flexibility index (Phi) is 4.87. The number of nitrogens with one attached hydrogen (secondary N) is 1. The van der Waals surface area contributed by atoms with Crippen molar-refractivity contribution >= 4 is 29.3 Å². The maximum Gasteiger partial charge on any atom is 0.240 e. The molecule has 1 aromatic heterocycles. The maximum atomic E-state index is 12.3. The van der Waals surface area contributed by atoms with Crippen LogP contribution in [0.25, 0.3) is 0 Å². The van der Waals surface area contributed by atoms with Crippen LogP contribution in [0.2, 0.25) is 0 Å². The number of hydrogen-bond donors (Lipinski definition) is 1. The highest BCUT2D eigenvalue weighted by Gasteiger charge is 2.29. The predicted molar refractivity (Wildman–Crippen MR) is 88.8 cm³/mol. The molecule has 124 valence electrons. The molecule has 1 atom stereocenters. The molecule has 6 nitrogen and oxygen atoms in total. The van der Waals surface area contributed by atoms with Crippen LogP contribution in [0.4, 0.5) is 5.69 Å². The number of fused-ring (bicyclic) bond motifs is 1. The lowest BCUT2D eigenvalue weighted by Crippen LogP contribution is -2.45. The minimum atomic E-state index is -0.160. The maximum absolute atomic E-state index is 12.3. The quantitative estimate of drug-likeness (QED) is 0.901. The number of hydrogen-bond acceptors (Lipinski definition) is 5. The van der Waals surface area contributed by atoms with Crippen molar-refractivity contribution in [3.05, 3.63) is 17.3 Å². The van der Waals surface area contributed by atoms with Gasteiger partial charge >= 0.3 is 0 Å². The van der Waals surface area contributed by atoms with Gasteiger partial charge in [-0.1, -0.05) is 11.8 Å². The molecule has 1 unspecified atom stereocenters. The van der Waals surface area contributed by atoms with Crippen LogP contribution in [0.3, 0.4) is 0 Å². The van der Waals surface area contributed by atoms with Crippen molar-refractivity contribution in [2.45, 2.75) is 37.8 Å². The van der Waals surface area contributed by atoms with Gasteiger partial charge in [-0.25, -0.2) is 4.98 Å². The van der Waals surface area contributed by atoms with Crippen molar-refractivity contribution in [1.29, 1.82) is 0 Å². The molecule has 0 radical (unpaired) electrons. The van der Waals surface area contributed by atoms with Crippen molar-refractivity contribution in [1.82, 2.24) is 10.3 Å². The zero-order valence-electron chi connectivity index (χ0n) is 13.4. The predicted octanol–water partition coefficient (Wildman–Crippen LogP) is 1.43. The molecule has 1 N–H and O–H groups in total. The molecule has 7 heteroatoms. The van der Waals surface area contributed by atoms with E-state index in [9.17, 15) is 9.59 Å². The molecule has 1 fully saturated rings. The fourth-order valence-corrected chi connectivity index (χ4v) is 3.99. The van der Waals surface area contributed by atoms with Crippen molar-refractivity contribution in [2.24, 2.45) is 0 Å². The second-order valence-corrected chi connectivity index (χ2v) is 6.91. The summed E-state index contributed by atoms with van der Waals surface area (Å²) in [6.07, 6.45) is 2.12. The number of pyridine rings is 1. The van der Waals surface area contributed by atoms with E-state index in [0.717, 1.165) is 41.4 Å². The highest BCUT2D eigenvalue weighted by atomic mass is 32.2. The van der Waals surface area contributed by atoms with Crippen LogP contribution in [0.1, 0.15) is 24.1 Å². The molecule has 0 saturated carbocycles. The summed E-state index contributed by atoms with van der Waals surface area (Å²) < 4.78 is 5.49. The van der Waals surface area contributed by atoms with Crippen molar-refractivity contribution in [3.8, 4) is 0 Å². The Morgan fingerprint density at radius 1 is 1.52 bits per heavy atom. The van der Waals surface area contributed by atoms with Gasteiger partial charge in [-0.3, -0.25) is 14.5 Å². The smallest absolute Gasteiger partial charge is 0.240 e. The van der Waals surface area contributed by atoms with E-state index in [1.807, 2.05) is 19.9 Å². The van der Waals surface area contributed by atoms with Crippen LogP contribution in [0.5, 0.6) is 0 Å². The van der Waals surface area contributed by atoms with E-state index in [4.69, 9.17) is 4.74 Å². The summed E-state index contributed by atoms with van der Waals surface area (Å²) >= 11 is 1.44. The zero-order valence-corrected chi connectivity index (χ0v) is 14.2. The Balaban J connectivity index is 1.69. The number of carbonyl (C=O) groups is 2. The Hall–Kier alpha value is -1.60. The van der Waals surface area contributed by atoms with Gasteiger partial charge in [-0.05, 0) is 38.3 Å². The normalized spacial score (nSPS) is 20.5. The summed E-state index contributed by atoms with van der Waals surface area (Å²) in [6, 6.07) is 1.94. The monoisotopic (exact) mass is 335 g/mol. The molecule has 1 saturated heterocycles. The van der Waals surface area contributed by atoms with Crippen molar-refractivity contribution in [2.75, 3.05) is 30.3 Å². The molecule has 2 aliphatic heterocycles. The average Bonchev–Trinajstić information content (AvgIpc) is 3.01. The molecule has 0 aromatic carbocycles. The van der Waals surface area contributed by atoms with Gasteiger partial charge in [-0.2, -0.15) is 0 Å². The van der Waals surface area contributed by atoms with Crippen LogP contribution in [0.15, 0.2) is 11.1 Å². The van der Waals surface area contributed by atoms with E-state index in [-0.39, 0.29) is 24.5 Å². The van der Waals surface area contributed by atoms with Crippen LogP contribution in [-0.4, -0.2) is 48.4 Å². The van der Waals surface area contributed by atoms with Crippen LogP contribution in [-0.2, 0) is 14.3 Å². The van der Waals surface area contributed by atoms with Crippen LogP contribution < -0.4 is 10.2 Å². The van der Waals surface area contributed by atoms with Gasteiger partial charge in [0.2, 0.25) is 11.8 Å². The first kappa shape index (κ1) is 16.3. The Morgan fingerprint density at radius 2 is 2.35 bits per heavy atom. The Labute approximate surface area is 140 Å². The lowest BCUT2D eigenvalue weighted by molar-refractivity contribution is -0.123. The van der Waals surface area contributed by atoms with E-state index >= 15 is 0 Å². The third-order valence-corrected chi connectivity index (χ3v) is 4.98. The highest BCUT2D eigenvalue weighted by molar-refractivity contribution is 8.00. The summed E-state index contributed by atoms with van der Waals surface area (Å²) in [4.78, 5) is 30.5. The molecule has 2 aliphatic rings. The molecule has 0 spiro atoms. The first-order valence-electron chi connectivity index (χ1n) is 7.84. The lowest BCUT2D eigenvalue weighted by Gasteiger charge is -2.29. The lowest BCUT2D eigenvalue weighted by atomic mass is 10.2. The second kappa shape index (κ2) is 6.88. The highest BCUT2D eigenvalue weighted by Crippen LogP contribution is 2.36. The topological polar surface area (TPSA) is 71.5 Å². The standard InChI is InChI=1S/C16H21N3O3S/c1-10-6-11(2)18-16-15(10)19(14(21)9-23-16)8-13(20)17-7-12-4-3-5-22-12/h6,12H,3-5,7-9H2,1-2H3,(H,17,20). The summed E-state index contributed by atoms with van der Waals surface area (Å²) in [5.74, 6) is 0.109. The van der Waals surface area contributed by atoms with Gasteiger partial charge in [-0.15, -0.1) is 0 Å². The van der Waals surface area contributed by atoms with E-state index in [0.29, 0.717) is 12.3 Å². The fraction of sp³-hybridized carbons (Fsp3) is 0.562. The number of aromatic nitrogens is 1. The van der Waals surface area contributed by atoms with E-state index in [1.165, 1.54) is 11.8 Å². The molecule has 0 aliphatic carbocycles. The number of nitrogens with zero attached hydrogens (tertiary/aromatic N) is 2. The number of carbonyl (C=O) groups excluding carboxylic acids is 2. The SMILES string of the molecule is Cc1cc(C)c2c(n1)SCC(=O)N2CC(=O)NCC1CCCO1. The van der Waals surface area contributed by atoms with Gasteiger partial charge in [0.05, 0.1) is 17.5 Å². The molecule has 2 amide bonds. The molecule has 23 heavy (non-hydrogen) atoms. The number of anilines is 1. The largest absolute Gasteiger partial charge is 0.376 e. The Bertz CT molecular complexity index is 629. The summed E-state index contributed by atoms with van der Waals surface area (Å²) in [5.41, 5.74) is 2.66. The first-order valence-corrected chi connectivity index (χ1v) is 8.83. The third kappa shape index (κ3) is 3.67. The zero-order chi connectivity index (χ0) is 16.4. The molecule has 1 aromatic rings. The minimum Gasteiger partial charge on any atom is -0.376 e. The van der Waals surface area contributed by atoms with E-state index in [1.54, 1.807) is 4.90 Å². The third-order valence-electron chi connectivity index (χ3n) is 4.04. The number of aryl methyl sites for hydroxylation is 2. The number of ether oxygens (including phenoxy) is 1. The summed E-state index contributed by atoms with van der Waals surface area (Å²) in [6.45, 7) is 5.19. The first-order chi connectivity index (χ1) is 11.0.